The van der Waals surface area contributed by atoms with Gasteiger partial charge in [-0.25, -0.2) is 14.4 Å². The van der Waals surface area contributed by atoms with Gasteiger partial charge in [-0.3, -0.25) is 0 Å². The molecule has 1 heterocycles. The molecule has 1 saturated heterocycles. The van der Waals surface area contributed by atoms with Crippen LogP contribution < -0.4 is 0 Å². The Labute approximate surface area is 192 Å². The number of carbonyl (C=O) groups is 1. The van der Waals surface area contributed by atoms with Crippen molar-refractivity contribution in [2.75, 3.05) is 26.9 Å². The van der Waals surface area contributed by atoms with Crippen LogP contribution in [-0.2, 0) is 19.9 Å². The fourth-order valence-electron chi connectivity index (χ4n) is 4.02. The second-order valence-corrected chi connectivity index (χ2v) is 9.14. The number of hydrogen-bond acceptors (Lipinski definition) is 6. The lowest BCUT2D eigenvalue weighted by molar-refractivity contribution is -1.06. The van der Waals surface area contributed by atoms with Crippen molar-refractivity contribution in [3.63, 3.8) is 0 Å². The number of ether oxygens (including phenoxy) is 2. The molecule has 2 unspecified atom stereocenters. The normalized spacial score (nSPS) is 18.4. The highest BCUT2D eigenvalue weighted by Gasteiger charge is 2.39. The Kier molecular flexibility index (Phi) is 7.70. The Bertz CT molecular complexity index is 1000. The minimum atomic E-state index is -0.973. The molecule has 0 radical (unpaired) electrons. The highest BCUT2D eigenvalue weighted by molar-refractivity contribution is 7.99. The summed E-state index contributed by atoms with van der Waals surface area (Å²) in [6.45, 7) is 3.79. The van der Waals surface area contributed by atoms with E-state index in [2.05, 4.69) is 0 Å². The topological polar surface area (TPSA) is 79.5 Å². The van der Waals surface area contributed by atoms with Gasteiger partial charge < -0.3 is 9.47 Å². The van der Waals surface area contributed by atoms with Crippen LogP contribution in [0.1, 0.15) is 43.9 Å². The lowest BCUT2D eigenvalue weighted by Gasteiger charge is -2.36. The SMILES string of the molecule is COC1(c2cc(F)cc(Sc3ccc(C(C)[N+](O)(CC#N)C(C)=O)cc3)c2)CCOCC1. The maximum Gasteiger partial charge on any atom is 0.343 e. The number of nitrogens with zero attached hydrogens (tertiary/aromatic N) is 2. The van der Waals surface area contributed by atoms with Gasteiger partial charge in [-0.15, -0.1) is 4.65 Å². The molecule has 1 aliphatic rings. The molecule has 32 heavy (non-hydrogen) atoms. The maximum absolute atomic E-state index is 14.5. The van der Waals surface area contributed by atoms with Crippen molar-refractivity contribution in [3.8, 4) is 6.07 Å². The van der Waals surface area contributed by atoms with Gasteiger partial charge in [-0.05, 0) is 42.8 Å². The molecule has 0 saturated carbocycles. The smallest absolute Gasteiger partial charge is 0.343 e. The number of benzene rings is 2. The van der Waals surface area contributed by atoms with E-state index in [4.69, 9.17) is 14.7 Å². The molecule has 2 aromatic rings. The van der Waals surface area contributed by atoms with E-state index in [9.17, 15) is 14.4 Å². The van der Waals surface area contributed by atoms with Crippen molar-refractivity contribution in [1.29, 1.82) is 5.26 Å². The zero-order valence-electron chi connectivity index (χ0n) is 18.5. The second-order valence-electron chi connectivity index (χ2n) is 8.00. The van der Waals surface area contributed by atoms with Crippen LogP contribution in [0, 0.1) is 17.1 Å². The summed E-state index contributed by atoms with van der Waals surface area (Å²) < 4.78 is 24.7. The van der Waals surface area contributed by atoms with Crippen LogP contribution in [0.15, 0.2) is 52.3 Å². The van der Waals surface area contributed by atoms with Gasteiger partial charge in [0.1, 0.15) is 11.9 Å². The van der Waals surface area contributed by atoms with Crippen molar-refractivity contribution in [3.05, 3.63) is 59.4 Å². The average molecular weight is 460 g/mol. The molecule has 6 nitrogen and oxygen atoms in total. The Balaban J connectivity index is 1.82. The van der Waals surface area contributed by atoms with Crippen molar-refractivity contribution < 1.29 is 28.5 Å². The maximum atomic E-state index is 14.5. The first-order valence-electron chi connectivity index (χ1n) is 10.4. The molecule has 2 atom stereocenters. The molecule has 8 heteroatoms. The summed E-state index contributed by atoms with van der Waals surface area (Å²) in [5, 5.41) is 19.6. The van der Waals surface area contributed by atoms with Crippen LogP contribution in [-0.4, -0.2) is 42.6 Å². The quantitative estimate of drug-likeness (QED) is 0.273. The Hall–Kier alpha value is -2.28. The molecular formula is C24H28FN2O4S+. The van der Waals surface area contributed by atoms with Crippen molar-refractivity contribution in [2.45, 2.75) is 48.1 Å². The third kappa shape index (κ3) is 5.03. The van der Waals surface area contributed by atoms with Crippen LogP contribution in [0.5, 0.6) is 0 Å². The van der Waals surface area contributed by atoms with Crippen LogP contribution >= 0.6 is 11.8 Å². The zero-order chi connectivity index (χ0) is 23.4. The van der Waals surface area contributed by atoms with Gasteiger partial charge in [-0.2, -0.15) is 5.26 Å². The molecule has 2 aromatic carbocycles. The van der Waals surface area contributed by atoms with E-state index in [0.29, 0.717) is 26.1 Å². The van der Waals surface area contributed by atoms with Crippen molar-refractivity contribution in [1.82, 2.24) is 0 Å². The van der Waals surface area contributed by atoms with Gasteiger partial charge in [0.15, 0.2) is 6.04 Å². The number of hydrogen-bond donors (Lipinski definition) is 1. The molecule has 170 valence electrons. The number of carbonyl (C=O) groups excluding carboxylic acids is 1. The van der Waals surface area contributed by atoms with Gasteiger partial charge >= 0.3 is 5.91 Å². The number of quaternary nitrogens is 1. The zero-order valence-corrected chi connectivity index (χ0v) is 19.3. The van der Waals surface area contributed by atoms with E-state index in [-0.39, 0.29) is 12.4 Å². The molecule has 1 fully saturated rings. The second kappa shape index (κ2) is 10.1. The first kappa shape index (κ1) is 24.4. The van der Waals surface area contributed by atoms with Crippen LogP contribution in [0.3, 0.4) is 0 Å². The van der Waals surface area contributed by atoms with Gasteiger partial charge in [0.2, 0.25) is 6.54 Å². The Morgan fingerprint density at radius 1 is 1.28 bits per heavy atom. The first-order chi connectivity index (χ1) is 15.2. The fourth-order valence-corrected chi connectivity index (χ4v) is 4.92. The molecule has 0 bridgehead atoms. The van der Waals surface area contributed by atoms with E-state index in [0.717, 1.165) is 20.9 Å². The summed E-state index contributed by atoms with van der Waals surface area (Å²) >= 11 is 1.42. The van der Waals surface area contributed by atoms with E-state index in [1.54, 1.807) is 14.0 Å². The third-order valence-electron chi connectivity index (χ3n) is 6.18. The highest BCUT2D eigenvalue weighted by Crippen LogP contribution is 2.39. The highest BCUT2D eigenvalue weighted by atomic mass is 32.2. The van der Waals surface area contributed by atoms with Crippen LogP contribution in [0.2, 0.25) is 0 Å². The predicted molar refractivity (Wildman–Crippen MR) is 117 cm³/mol. The minimum absolute atomic E-state index is 0.321. The Morgan fingerprint density at radius 2 is 1.94 bits per heavy atom. The number of rotatable bonds is 7. The van der Waals surface area contributed by atoms with E-state index in [1.807, 2.05) is 36.4 Å². The first-order valence-corrected chi connectivity index (χ1v) is 11.3. The number of amides is 1. The molecule has 0 spiro atoms. The third-order valence-corrected chi connectivity index (χ3v) is 7.16. The molecule has 1 N–H and O–H groups in total. The van der Waals surface area contributed by atoms with E-state index < -0.39 is 22.2 Å². The van der Waals surface area contributed by atoms with Crippen molar-refractivity contribution in [2.24, 2.45) is 0 Å². The van der Waals surface area contributed by atoms with Gasteiger partial charge in [-0.1, -0.05) is 23.9 Å². The number of nitriles is 1. The van der Waals surface area contributed by atoms with Crippen molar-refractivity contribution >= 4 is 17.7 Å². The Morgan fingerprint density at radius 3 is 2.50 bits per heavy atom. The molecule has 1 amide bonds. The molecule has 0 aromatic heterocycles. The standard InChI is InChI=1S/C24H28FN2O4S/c1-17(27(29,11-10-26)18(2)28)19-4-6-22(7-5-19)32-23-15-20(14-21(25)16-23)24(30-3)8-12-31-13-9-24/h4-7,14-17,29H,8-9,11-13H2,1-3H3/q+1. The monoisotopic (exact) mass is 459 g/mol. The number of hydroxylamine groups is 3. The number of halogens is 1. The summed E-state index contributed by atoms with van der Waals surface area (Å²) in [6, 6.07) is 13.6. The molecular weight excluding hydrogens is 431 g/mol. The summed E-state index contributed by atoms with van der Waals surface area (Å²) in [4.78, 5) is 13.6. The van der Waals surface area contributed by atoms with Gasteiger partial charge in [0, 0.05) is 48.5 Å². The summed E-state index contributed by atoms with van der Waals surface area (Å²) in [6.07, 6.45) is 1.34. The molecule has 1 aliphatic heterocycles. The van der Waals surface area contributed by atoms with Gasteiger partial charge in [0.25, 0.3) is 0 Å². The molecule has 0 aliphatic carbocycles. The number of methoxy groups -OCH3 is 1. The van der Waals surface area contributed by atoms with E-state index in [1.165, 1.54) is 30.8 Å². The summed E-state index contributed by atoms with van der Waals surface area (Å²) in [7, 11) is 1.65. The fraction of sp³-hybridized carbons (Fsp3) is 0.417. The lowest BCUT2D eigenvalue weighted by atomic mass is 9.86. The van der Waals surface area contributed by atoms with Crippen LogP contribution in [0.25, 0.3) is 0 Å². The van der Waals surface area contributed by atoms with E-state index >= 15 is 0 Å². The lowest BCUT2D eigenvalue weighted by Crippen LogP contribution is -2.50. The van der Waals surface area contributed by atoms with Crippen LogP contribution in [0.4, 0.5) is 4.39 Å². The average Bonchev–Trinajstić information content (AvgIpc) is 2.79. The minimum Gasteiger partial charge on any atom is -0.381 e. The van der Waals surface area contributed by atoms with Gasteiger partial charge in [0.05, 0.1) is 12.5 Å². The predicted octanol–water partition coefficient (Wildman–Crippen LogP) is 4.97. The molecule has 3 rings (SSSR count). The largest absolute Gasteiger partial charge is 0.381 e. The summed E-state index contributed by atoms with van der Waals surface area (Å²) in [5.74, 6) is -0.816. The summed E-state index contributed by atoms with van der Waals surface area (Å²) in [5.41, 5.74) is 0.976.